The molecule has 0 saturated carbocycles. The van der Waals surface area contributed by atoms with Crippen LogP contribution in [0.4, 0.5) is 0 Å². The minimum atomic E-state index is -0.295. The second kappa shape index (κ2) is 7.61. The fourth-order valence-corrected chi connectivity index (χ4v) is 2.16. The van der Waals surface area contributed by atoms with E-state index in [1.54, 1.807) is 35.1 Å². The van der Waals surface area contributed by atoms with Gasteiger partial charge in [-0.05, 0) is 36.4 Å². The van der Waals surface area contributed by atoms with Crippen molar-refractivity contribution < 1.29 is 9.53 Å². The first kappa shape index (κ1) is 16.0. The van der Waals surface area contributed by atoms with Crippen LogP contribution >= 0.6 is 11.6 Å². The number of ether oxygens (including phenoxy) is 1. The Bertz CT molecular complexity index is 803. The number of amides is 1. The van der Waals surface area contributed by atoms with E-state index in [0.29, 0.717) is 23.9 Å². The van der Waals surface area contributed by atoms with E-state index < -0.39 is 0 Å². The molecule has 0 unspecified atom stereocenters. The van der Waals surface area contributed by atoms with Crippen molar-refractivity contribution in [3.63, 3.8) is 0 Å². The van der Waals surface area contributed by atoms with Gasteiger partial charge in [-0.3, -0.25) is 4.79 Å². The van der Waals surface area contributed by atoms with E-state index in [1.165, 1.54) is 0 Å². The number of carbonyl (C=O) groups excluding carboxylic acids is 1. The van der Waals surface area contributed by atoms with Gasteiger partial charge in [0, 0.05) is 5.02 Å². The zero-order valence-corrected chi connectivity index (χ0v) is 13.5. The van der Waals surface area contributed by atoms with E-state index in [9.17, 15) is 4.79 Å². The van der Waals surface area contributed by atoms with E-state index in [4.69, 9.17) is 16.3 Å². The van der Waals surface area contributed by atoms with Crippen LogP contribution < -0.4 is 10.1 Å². The number of hydrogen-bond acceptors (Lipinski definition) is 4. The van der Waals surface area contributed by atoms with Gasteiger partial charge < -0.3 is 10.1 Å². The molecule has 0 aliphatic carbocycles. The summed E-state index contributed by atoms with van der Waals surface area (Å²) < 4.78 is 7.06. The Morgan fingerprint density at radius 2 is 1.88 bits per heavy atom. The second-order valence-corrected chi connectivity index (χ2v) is 5.38. The predicted octanol–water partition coefficient (Wildman–Crippen LogP) is 2.73. The summed E-state index contributed by atoms with van der Waals surface area (Å²) in [5.41, 5.74) is 1.10. The molecule has 0 saturated heterocycles. The minimum Gasteiger partial charge on any atom is -0.492 e. The molecule has 0 spiro atoms. The smallest absolute Gasteiger partial charge is 0.273 e. The van der Waals surface area contributed by atoms with Crippen molar-refractivity contribution in [1.82, 2.24) is 20.3 Å². The molecule has 3 aromatic rings. The normalized spacial score (nSPS) is 10.4. The molecule has 0 bridgehead atoms. The Morgan fingerprint density at radius 1 is 1.12 bits per heavy atom. The summed E-state index contributed by atoms with van der Waals surface area (Å²) in [6, 6.07) is 16.5. The van der Waals surface area contributed by atoms with Crippen LogP contribution in [0.15, 0.2) is 60.8 Å². The summed E-state index contributed by atoms with van der Waals surface area (Å²) >= 11 is 5.80. The van der Waals surface area contributed by atoms with Crippen LogP contribution in [0.5, 0.6) is 5.75 Å². The Labute approximate surface area is 144 Å². The first-order valence-electron chi connectivity index (χ1n) is 7.37. The third-order valence-corrected chi connectivity index (χ3v) is 3.47. The minimum absolute atomic E-state index is 0.255. The molecule has 24 heavy (non-hydrogen) atoms. The fraction of sp³-hybridized carbons (Fsp3) is 0.118. The van der Waals surface area contributed by atoms with Gasteiger partial charge in [0.05, 0.1) is 18.4 Å². The Morgan fingerprint density at radius 3 is 2.62 bits per heavy atom. The fourth-order valence-electron chi connectivity index (χ4n) is 2.03. The summed E-state index contributed by atoms with van der Waals surface area (Å²) in [6.45, 7) is 0.708. The summed E-state index contributed by atoms with van der Waals surface area (Å²) in [7, 11) is 0. The van der Waals surface area contributed by atoms with Crippen LogP contribution in [-0.4, -0.2) is 34.1 Å². The molecule has 1 amide bonds. The van der Waals surface area contributed by atoms with Gasteiger partial charge in [-0.25, -0.2) is 4.68 Å². The lowest BCUT2D eigenvalue weighted by atomic mass is 10.3. The van der Waals surface area contributed by atoms with Crippen molar-refractivity contribution >= 4 is 17.5 Å². The third-order valence-electron chi connectivity index (χ3n) is 3.22. The molecule has 7 heteroatoms. The van der Waals surface area contributed by atoms with Gasteiger partial charge in [-0.2, -0.15) is 0 Å². The average molecular weight is 343 g/mol. The summed E-state index contributed by atoms with van der Waals surface area (Å²) in [5, 5.41) is 11.2. The van der Waals surface area contributed by atoms with Crippen LogP contribution in [0.2, 0.25) is 5.02 Å². The standard InChI is InChI=1S/C17H15ClN4O2/c18-13-6-8-15(9-7-13)24-11-10-19-17(23)16-12-22(21-20-16)14-4-2-1-3-5-14/h1-9,12H,10-11H2,(H,19,23). The number of halogens is 1. The number of carbonyl (C=O) groups is 1. The summed E-state index contributed by atoms with van der Waals surface area (Å²) in [5.74, 6) is 0.403. The summed E-state index contributed by atoms with van der Waals surface area (Å²) in [6.07, 6.45) is 1.59. The molecular weight excluding hydrogens is 328 g/mol. The van der Waals surface area contributed by atoms with Gasteiger partial charge >= 0.3 is 0 Å². The Kier molecular flexibility index (Phi) is 5.08. The molecule has 0 radical (unpaired) electrons. The van der Waals surface area contributed by atoms with Crippen LogP contribution in [0.3, 0.4) is 0 Å². The lowest BCUT2D eigenvalue weighted by Gasteiger charge is -2.06. The van der Waals surface area contributed by atoms with E-state index in [-0.39, 0.29) is 11.6 Å². The van der Waals surface area contributed by atoms with Crippen LogP contribution in [0.25, 0.3) is 5.69 Å². The molecule has 6 nitrogen and oxygen atoms in total. The van der Waals surface area contributed by atoms with Crippen LogP contribution in [0.1, 0.15) is 10.5 Å². The van der Waals surface area contributed by atoms with E-state index in [0.717, 1.165) is 5.69 Å². The third kappa shape index (κ3) is 4.11. The molecule has 122 valence electrons. The predicted molar refractivity (Wildman–Crippen MR) is 90.6 cm³/mol. The highest BCUT2D eigenvalue weighted by atomic mass is 35.5. The quantitative estimate of drug-likeness (QED) is 0.699. The molecule has 0 aliphatic rings. The molecule has 0 fully saturated rings. The average Bonchev–Trinajstić information content (AvgIpc) is 3.11. The number of aromatic nitrogens is 3. The van der Waals surface area contributed by atoms with Gasteiger partial charge in [-0.1, -0.05) is 35.0 Å². The monoisotopic (exact) mass is 342 g/mol. The SMILES string of the molecule is O=C(NCCOc1ccc(Cl)cc1)c1cn(-c2ccccc2)nn1. The maximum Gasteiger partial charge on any atom is 0.273 e. The highest BCUT2D eigenvalue weighted by Gasteiger charge is 2.10. The number of hydrogen-bond donors (Lipinski definition) is 1. The van der Waals surface area contributed by atoms with E-state index >= 15 is 0 Å². The molecule has 1 N–H and O–H groups in total. The van der Waals surface area contributed by atoms with Gasteiger partial charge in [0.15, 0.2) is 5.69 Å². The number of rotatable bonds is 6. The lowest BCUT2D eigenvalue weighted by molar-refractivity contribution is 0.0942. The first-order chi connectivity index (χ1) is 11.7. The van der Waals surface area contributed by atoms with Gasteiger partial charge in [0.1, 0.15) is 12.4 Å². The Balaban J connectivity index is 1.49. The maximum absolute atomic E-state index is 12.0. The van der Waals surface area contributed by atoms with Crippen molar-refractivity contribution in [2.75, 3.05) is 13.2 Å². The van der Waals surface area contributed by atoms with Gasteiger partial charge in [0.2, 0.25) is 0 Å². The lowest BCUT2D eigenvalue weighted by Crippen LogP contribution is -2.28. The number of nitrogens with zero attached hydrogens (tertiary/aromatic N) is 3. The summed E-state index contributed by atoms with van der Waals surface area (Å²) in [4.78, 5) is 12.0. The molecule has 3 rings (SSSR count). The zero-order valence-electron chi connectivity index (χ0n) is 12.7. The zero-order chi connectivity index (χ0) is 16.8. The van der Waals surface area contributed by atoms with Gasteiger partial charge in [0.25, 0.3) is 5.91 Å². The highest BCUT2D eigenvalue weighted by Crippen LogP contribution is 2.15. The van der Waals surface area contributed by atoms with Crippen molar-refractivity contribution in [1.29, 1.82) is 0 Å². The largest absolute Gasteiger partial charge is 0.492 e. The maximum atomic E-state index is 12.0. The van der Waals surface area contributed by atoms with E-state index in [1.807, 2.05) is 30.3 Å². The van der Waals surface area contributed by atoms with E-state index in [2.05, 4.69) is 15.6 Å². The van der Waals surface area contributed by atoms with Crippen LogP contribution in [0, 0.1) is 0 Å². The van der Waals surface area contributed by atoms with Crippen molar-refractivity contribution in [3.8, 4) is 11.4 Å². The first-order valence-corrected chi connectivity index (χ1v) is 7.74. The number of benzene rings is 2. The van der Waals surface area contributed by atoms with Crippen molar-refractivity contribution in [2.45, 2.75) is 0 Å². The Hall–Kier alpha value is -2.86. The molecule has 2 aromatic carbocycles. The van der Waals surface area contributed by atoms with Gasteiger partial charge in [-0.15, -0.1) is 5.10 Å². The van der Waals surface area contributed by atoms with Crippen molar-refractivity contribution in [2.24, 2.45) is 0 Å². The topological polar surface area (TPSA) is 69.0 Å². The molecule has 0 aliphatic heterocycles. The molecular formula is C17H15ClN4O2. The second-order valence-electron chi connectivity index (χ2n) is 4.94. The highest BCUT2D eigenvalue weighted by molar-refractivity contribution is 6.30. The van der Waals surface area contributed by atoms with Crippen LogP contribution in [-0.2, 0) is 0 Å². The molecule has 0 atom stereocenters. The number of nitrogens with one attached hydrogen (secondary N) is 1. The number of para-hydroxylation sites is 1. The molecule has 1 heterocycles. The van der Waals surface area contributed by atoms with Crippen molar-refractivity contribution in [3.05, 3.63) is 71.5 Å². The molecule has 1 aromatic heterocycles.